The van der Waals surface area contributed by atoms with Crippen LogP contribution in [0.4, 0.5) is 57.4 Å². The van der Waals surface area contributed by atoms with Gasteiger partial charge in [0.15, 0.2) is 17.3 Å². The minimum Gasteiger partial charge on any atom is -0.307 e. The maximum Gasteiger partial charge on any atom is 0.187 e. The third-order valence-corrected chi connectivity index (χ3v) is 12.4. The second kappa shape index (κ2) is 16.3. The number of nitrogens with zero attached hydrogens (tertiary/aromatic N) is 4. The van der Waals surface area contributed by atoms with Crippen molar-refractivity contribution in [2.24, 2.45) is 0 Å². The van der Waals surface area contributed by atoms with E-state index < -0.39 is 23.3 Å². The smallest absolute Gasteiger partial charge is 0.187 e. The first-order valence-electron chi connectivity index (χ1n) is 21.3. The van der Waals surface area contributed by atoms with Crippen molar-refractivity contribution in [3.8, 4) is 28.3 Å². The molecule has 0 unspecified atom stereocenters. The van der Waals surface area contributed by atoms with Gasteiger partial charge < -0.3 is 9.80 Å². The van der Waals surface area contributed by atoms with Crippen LogP contribution in [0.3, 0.4) is 0 Å². The first kappa shape index (κ1) is 41.5. The van der Waals surface area contributed by atoms with Crippen molar-refractivity contribution in [1.29, 1.82) is 5.26 Å². The molecule has 4 nitrogen and oxygen atoms in total. The molecule has 8 heteroatoms. The standard InChI is InChI=1S/C58H38F4N4/c1-33-6-20-45(35(3)26-33)49-28-40(59)30-51(61)57(49)65(43-16-8-37(32-63)9-17-43)53-24-12-38-11-23-48-54(25-13-39-10-22-47(53)55(38)56(39)48)66(44-18-14-42(64-5)15-19-44)58-50(29-41(60)31-52(58)62)46-21-7-34(2)27-36(46)4/h6-31H,1-4H3. The number of hydrogen-bond acceptors (Lipinski definition) is 3. The average Bonchev–Trinajstić information content (AvgIpc) is 3.30. The van der Waals surface area contributed by atoms with Gasteiger partial charge in [0.05, 0.1) is 41.0 Å². The highest BCUT2D eigenvalue weighted by molar-refractivity contribution is 6.28. The van der Waals surface area contributed by atoms with Crippen molar-refractivity contribution < 1.29 is 17.6 Å². The van der Waals surface area contributed by atoms with Crippen LogP contribution in [-0.2, 0) is 0 Å². The van der Waals surface area contributed by atoms with Gasteiger partial charge in [-0.1, -0.05) is 96.1 Å². The van der Waals surface area contributed by atoms with E-state index in [1.54, 1.807) is 58.3 Å². The monoisotopic (exact) mass is 866 g/mol. The fraction of sp³-hybridized carbons (Fsp3) is 0.0690. The van der Waals surface area contributed by atoms with Crippen LogP contribution >= 0.6 is 0 Å². The van der Waals surface area contributed by atoms with Crippen LogP contribution in [0.5, 0.6) is 0 Å². The summed E-state index contributed by atoms with van der Waals surface area (Å²) in [5.74, 6) is -2.99. The van der Waals surface area contributed by atoms with Crippen molar-refractivity contribution in [2.75, 3.05) is 9.80 Å². The van der Waals surface area contributed by atoms with E-state index in [-0.39, 0.29) is 11.4 Å². The Balaban J connectivity index is 1.28. The summed E-state index contributed by atoms with van der Waals surface area (Å²) in [6, 6.07) is 47.7. The minimum atomic E-state index is -0.775. The predicted octanol–water partition coefficient (Wildman–Crippen LogP) is 17.1. The number of aryl methyl sites for hydroxylation is 4. The highest BCUT2D eigenvalue weighted by Crippen LogP contribution is 2.51. The lowest BCUT2D eigenvalue weighted by Crippen LogP contribution is -2.15. The molecule has 10 aromatic carbocycles. The molecule has 10 aromatic rings. The molecule has 0 aliphatic carbocycles. The molecule has 0 fully saturated rings. The Bertz CT molecular complexity index is 3420. The summed E-state index contributed by atoms with van der Waals surface area (Å²) in [6.45, 7) is 15.4. The first-order valence-corrected chi connectivity index (χ1v) is 21.3. The Hall–Kier alpha value is -8.46. The van der Waals surface area contributed by atoms with E-state index in [1.807, 2.05) is 113 Å². The van der Waals surface area contributed by atoms with Gasteiger partial charge in [-0.2, -0.15) is 5.26 Å². The molecule has 0 saturated carbocycles. The van der Waals surface area contributed by atoms with Crippen molar-refractivity contribution >= 4 is 72.1 Å². The normalized spacial score (nSPS) is 11.3. The lowest BCUT2D eigenvalue weighted by atomic mass is 9.90. The third kappa shape index (κ3) is 7.01. The molecule has 0 heterocycles. The van der Waals surface area contributed by atoms with Crippen molar-refractivity contribution in [1.82, 2.24) is 0 Å². The first-order chi connectivity index (χ1) is 31.9. The van der Waals surface area contributed by atoms with E-state index in [0.29, 0.717) is 56.3 Å². The van der Waals surface area contributed by atoms with Gasteiger partial charge in [0, 0.05) is 45.4 Å². The van der Waals surface area contributed by atoms with Crippen molar-refractivity contribution in [3.63, 3.8) is 0 Å². The summed E-state index contributed by atoms with van der Waals surface area (Å²) in [6.07, 6.45) is 0. The van der Waals surface area contributed by atoms with E-state index >= 15 is 17.6 Å². The molecule has 0 aromatic heterocycles. The Labute approximate surface area is 379 Å². The number of halogens is 4. The number of nitriles is 1. The topological polar surface area (TPSA) is 34.6 Å². The predicted molar refractivity (Wildman–Crippen MR) is 260 cm³/mol. The molecule has 0 radical (unpaired) electrons. The minimum absolute atomic E-state index is 0.128. The number of rotatable bonds is 8. The molecule has 0 saturated heterocycles. The highest BCUT2D eigenvalue weighted by Gasteiger charge is 2.28. The van der Waals surface area contributed by atoms with Gasteiger partial charge in [0.2, 0.25) is 0 Å². The summed E-state index contributed by atoms with van der Waals surface area (Å²) in [4.78, 5) is 7.17. The van der Waals surface area contributed by atoms with Crippen LogP contribution < -0.4 is 9.80 Å². The Kier molecular flexibility index (Phi) is 10.2. The second-order valence-electron chi connectivity index (χ2n) is 16.8. The van der Waals surface area contributed by atoms with Crippen LogP contribution in [0.25, 0.3) is 59.4 Å². The van der Waals surface area contributed by atoms with Crippen LogP contribution in [0.1, 0.15) is 27.8 Å². The zero-order chi connectivity index (χ0) is 46.0. The number of hydrogen-bond donors (Lipinski definition) is 0. The summed E-state index contributed by atoms with van der Waals surface area (Å²) in [5.41, 5.74) is 9.09. The van der Waals surface area contributed by atoms with Gasteiger partial charge in [-0.05, 0) is 132 Å². The lowest BCUT2D eigenvalue weighted by molar-refractivity contribution is 0.584. The summed E-state index contributed by atoms with van der Waals surface area (Å²) in [5, 5.41) is 14.7. The SMILES string of the molecule is [C-]#[N+]c1ccc(N(c2c(F)cc(F)cc2-c2ccc(C)cc2C)c2ccc3ccc4c(N(c5ccc(C#N)cc5)c5c(F)cc(F)cc5-c5ccc(C)cc5C)ccc5ccc2c3c54)cc1. The molecule has 0 spiro atoms. The van der Waals surface area contributed by atoms with E-state index in [4.69, 9.17) is 6.57 Å². The Morgan fingerprint density at radius 3 is 1.30 bits per heavy atom. The molecule has 318 valence electrons. The molecule has 0 aliphatic rings. The molecule has 0 bridgehead atoms. The molecule has 10 rings (SSSR count). The fourth-order valence-corrected chi connectivity index (χ4v) is 9.53. The summed E-state index contributed by atoms with van der Waals surface area (Å²) < 4.78 is 64.7. The second-order valence-corrected chi connectivity index (χ2v) is 16.8. The van der Waals surface area contributed by atoms with Gasteiger partial charge in [0.25, 0.3) is 0 Å². The average molecular weight is 867 g/mol. The fourth-order valence-electron chi connectivity index (χ4n) is 9.53. The van der Waals surface area contributed by atoms with Crippen molar-refractivity contribution in [2.45, 2.75) is 27.7 Å². The van der Waals surface area contributed by atoms with Gasteiger partial charge in [-0.25, -0.2) is 22.4 Å². The Morgan fingerprint density at radius 1 is 0.470 bits per heavy atom. The Morgan fingerprint density at radius 2 is 0.894 bits per heavy atom. The van der Waals surface area contributed by atoms with Gasteiger partial charge in [0.1, 0.15) is 11.6 Å². The summed E-state index contributed by atoms with van der Waals surface area (Å²) in [7, 11) is 0. The molecule has 0 amide bonds. The maximum absolute atomic E-state index is 16.9. The van der Waals surface area contributed by atoms with E-state index in [1.165, 1.54) is 12.1 Å². The number of benzene rings is 10. The van der Waals surface area contributed by atoms with Gasteiger partial charge >= 0.3 is 0 Å². The quantitative estimate of drug-likeness (QED) is 0.0867. The van der Waals surface area contributed by atoms with E-state index in [9.17, 15) is 5.26 Å². The van der Waals surface area contributed by atoms with Gasteiger partial charge in [-0.15, -0.1) is 0 Å². The van der Waals surface area contributed by atoms with Crippen LogP contribution in [0.15, 0.2) is 158 Å². The molecule has 0 N–H and O–H groups in total. The highest BCUT2D eigenvalue weighted by atomic mass is 19.1. The molecular formula is C58H38F4N4. The summed E-state index contributed by atoms with van der Waals surface area (Å²) >= 11 is 0. The molecular weight excluding hydrogens is 829 g/mol. The third-order valence-electron chi connectivity index (χ3n) is 12.4. The van der Waals surface area contributed by atoms with Gasteiger partial charge in [-0.3, -0.25) is 0 Å². The zero-order valence-electron chi connectivity index (χ0n) is 36.3. The largest absolute Gasteiger partial charge is 0.307 e. The number of anilines is 6. The van der Waals surface area contributed by atoms with Crippen LogP contribution in [0.2, 0.25) is 0 Å². The van der Waals surface area contributed by atoms with Crippen molar-refractivity contribution in [3.05, 3.63) is 220 Å². The van der Waals surface area contributed by atoms with Crippen LogP contribution in [0, 0.1) is 68.9 Å². The maximum atomic E-state index is 16.9. The zero-order valence-corrected chi connectivity index (χ0v) is 36.3. The molecule has 66 heavy (non-hydrogen) atoms. The molecule has 0 aliphatic heterocycles. The lowest BCUT2D eigenvalue weighted by Gasteiger charge is -2.31. The van der Waals surface area contributed by atoms with Crippen LogP contribution in [-0.4, -0.2) is 0 Å². The van der Waals surface area contributed by atoms with E-state index in [0.717, 1.165) is 66.7 Å². The van der Waals surface area contributed by atoms with E-state index in [2.05, 4.69) is 10.9 Å². The molecule has 0 atom stereocenters.